The standard InChI is InChI=1S/C12H16ClN3O2S2/c1-8-4-3-5-16(9(8)2)20(17,18)11-10(13)14-12-15(11)6-7-19-12/h6-9H,3-5H2,1-2H3. The fourth-order valence-corrected chi connectivity index (χ4v) is 5.89. The zero-order valence-electron chi connectivity index (χ0n) is 11.3. The second kappa shape index (κ2) is 4.98. The van der Waals surface area contributed by atoms with Crippen molar-refractivity contribution in [2.75, 3.05) is 6.54 Å². The Labute approximate surface area is 127 Å². The van der Waals surface area contributed by atoms with Crippen LogP contribution in [-0.2, 0) is 10.0 Å². The predicted molar refractivity (Wildman–Crippen MR) is 79.8 cm³/mol. The monoisotopic (exact) mass is 333 g/mol. The number of thiazole rings is 1. The van der Waals surface area contributed by atoms with Crippen LogP contribution in [0, 0.1) is 5.92 Å². The lowest BCUT2D eigenvalue weighted by Gasteiger charge is -2.36. The molecule has 110 valence electrons. The van der Waals surface area contributed by atoms with E-state index < -0.39 is 10.0 Å². The maximum absolute atomic E-state index is 12.9. The maximum atomic E-state index is 12.9. The number of nitrogens with zero attached hydrogens (tertiary/aromatic N) is 3. The van der Waals surface area contributed by atoms with Gasteiger partial charge in [-0.25, -0.2) is 13.4 Å². The van der Waals surface area contributed by atoms with Crippen LogP contribution >= 0.6 is 22.9 Å². The van der Waals surface area contributed by atoms with Crippen molar-refractivity contribution in [1.29, 1.82) is 0 Å². The van der Waals surface area contributed by atoms with Gasteiger partial charge in [0.05, 0.1) is 0 Å². The molecule has 0 bridgehead atoms. The third kappa shape index (κ3) is 2.07. The molecule has 3 rings (SSSR count). The van der Waals surface area contributed by atoms with Gasteiger partial charge in [-0.3, -0.25) is 4.40 Å². The Balaban J connectivity index is 2.12. The van der Waals surface area contributed by atoms with E-state index in [0.717, 1.165) is 12.8 Å². The molecular weight excluding hydrogens is 318 g/mol. The van der Waals surface area contributed by atoms with Crippen LogP contribution in [0.5, 0.6) is 0 Å². The molecule has 0 aromatic carbocycles. The maximum Gasteiger partial charge on any atom is 0.262 e. The lowest BCUT2D eigenvalue weighted by atomic mass is 9.94. The van der Waals surface area contributed by atoms with Crippen LogP contribution < -0.4 is 0 Å². The van der Waals surface area contributed by atoms with Crippen LogP contribution in [0.3, 0.4) is 0 Å². The smallest absolute Gasteiger partial charge is 0.262 e. The second-order valence-corrected chi connectivity index (χ2v) is 8.28. The van der Waals surface area contributed by atoms with Crippen molar-refractivity contribution < 1.29 is 8.42 Å². The highest BCUT2D eigenvalue weighted by molar-refractivity contribution is 7.89. The van der Waals surface area contributed by atoms with Crippen LogP contribution in [0.25, 0.3) is 4.96 Å². The Morgan fingerprint density at radius 3 is 2.95 bits per heavy atom. The summed E-state index contributed by atoms with van der Waals surface area (Å²) in [5, 5.41) is 1.96. The molecule has 1 aliphatic rings. The van der Waals surface area contributed by atoms with E-state index in [0.29, 0.717) is 17.4 Å². The van der Waals surface area contributed by atoms with Gasteiger partial charge in [-0.15, -0.1) is 11.3 Å². The number of fused-ring (bicyclic) bond motifs is 1. The first kappa shape index (κ1) is 14.3. The minimum atomic E-state index is -3.62. The first-order valence-electron chi connectivity index (χ1n) is 6.56. The van der Waals surface area contributed by atoms with Crippen molar-refractivity contribution in [1.82, 2.24) is 13.7 Å². The Bertz CT molecular complexity index is 737. The number of piperidine rings is 1. The van der Waals surface area contributed by atoms with E-state index in [2.05, 4.69) is 11.9 Å². The molecule has 2 aromatic heterocycles. The van der Waals surface area contributed by atoms with Crippen molar-refractivity contribution in [3.8, 4) is 0 Å². The van der Waals surface area contributed by atoms with Gasteiger partial charge in [-0.05, 0) is 25.7 Å². The topological polar surface area (TPSA) is 54.7 Å². The molecule has 1 fully saturated rings. The fraction of sp³-hybridized carbons (Fsp3) is 0.583. The summed E-state index contributed by atoms with van der Waals surface area (Å²) >= 11 is 7.44. The number of halogens is 1. The molecule has 0 spiro atoms. The number of sulfonamides is 1. The van der Waals surface area contributed by atoms with Gasteiger partial charge in [0.1, 0.15) is 0 Å². The number of hydrogen-bond acceptors (Lipinski definition) is 4. The summed E-state index contributed by atoms with van der Waals surface area (Å²) in [7, 11) is -3.62. The van der Waals surface area contributed by atoms with E-state index in [4.69, 9.17) is 11.6 Å². The molecule has 3 heterocycles. The summed E-state index contributed by atoms with van der Waals surface area (Å²) in [5.74, 6) is 0.350. The SMILES string of the molecule is CC1CCCN(S(=O)(=O)c2c(Cl)nc3sccn23)C1C. The second-order valence-electron chi connectivity index (χ2n) is 5.24. The van der Waals surface area contributed by atoms with Crippen molar-refractivity contribution in [2.45, 2.75) is 37.8 Å². The summed E-state index contributed by atoms with van der Waals surface area (Å²) in [6.07, 6.45) is 3.64. The average Bonchev–Trinajstić information content (AvgIpc) is 2.91. The molecule has 2 aromatic rings. The summed E-state index contributed by atoms with van der Waals surface area (Å²) in [6, 6.07) is -0.0194. The first-order chi connectivity index (χ1) is 9.43. The highest BCUT2D eigenvalue weighted by Gasteiger charge is 2.38. The Hall–Kier alpha value is -0.630. The zero-order valence-corrected chi connectivity index (χ0v) is 13.7. The van der Waals surface area contributed by atoms with Gasteiger partial charge >= 0.3 is 0 Å². The number of rotatable bonds is 2. The van der Waals surface area contributed by atoms with Crippen molar-refractivity contribution in [3.05, 3.63) is 16.7 Å². The molecule has 5 nitrogen and oxygen atoms in total. The Kier molecular flexibility index (Phi) is 3.56. The summed E-state index contributed by atoms with van der Waals surface area (Å²) in [5.41, 5.74) is 0. The van der Waals surface area contributed by atoms with E-state index in [1.165, 1.54) is 11.3 Å². The molecule has 0 N–H and O–H groups in total. The van der Waals surface area contributed by atoms with E-state index >= 15 is 0 Å². The van der Waals surface area contributed by atoms with Gasteiger partial charge in [0.15, 0.2) is 15.1 Å². The molecule has 8 heteroatoms. The van der Waals surface area contributed by atoms with Gasteiger partial charge in [-0.1, -0.05) is 18.5 Å². The molecule has 1 aliphatic heterocycles. The van der Waals surface area contributed by atoms with E-state index in [-0.39, 0.29) is 16.2 Å². The number of imidazole rings is 1. The third-order valence-corrected chi connectivity index (χ3v) is 7.19. The number of aromatic nitrogens is 2. The molecule has 0 radical (unpaired) electrons. The normalized spacial score (nSPS) is 25.4. The van der Waals surface area contributed by atoms with Gasteiger partial charge in [-0.2, -0.15) is 4.31 Å². The molecule has 2 atom stereocenters. The molecule has 0 aliphatic carbocycles. The molecule has 1 saturated heterocycles. The van der Waals surface area contributed by atoms with Crippen LogP contribution in [0.1, 0.15) is 26.7 Å². The first-order valence-corrected chi connectivity index (χ1v) is 9.25. The zero-order chi connectivity index (χ0) is 14.5. The number of hydrogen-bond donors (Lipinski definition) is 0. The minimum absolute atomic E-state index is 0.0194. The van der Waals surface area contributed by atoms with Gasteiger partial charge < -0.3 is 0 Å². The average molecular weight is 334 g/mol. The van der Waals surface area contributed by atoms with Gasteiger partial charge in [0.25, 0.3) is 10.0 Å². The van der Waals surface area contributed by atoms with Crippen LogP contribution in [0.4, 0.5) is 0 Å². The summed E-state index contributed by atoms with van der Waals surface area (Å²) in [4.78, 5) is 4.72. The van der Waals surface area contributed by atoms with Crippen LogP contribution in [-0.4, -0.2) is 34.7 Å². The van der Waals surface area contributed by atoms with E-state index in [1.807, 2.05) is 6.92 Å². The predicted octanol–water partition coefficient (Wildman–Crippen LogP) is 2.86. The van der Waals surface area contributed by atoms with Crippen molar-refractivity contribution in [3.63, 3.8) is 0 Å². The molecule has 20 heavy (non-hydrogen) atoms. The van der Waals surface area contributed by atoms with Gasteiger partial charge in [0.2, 0.25) is 0 Å². The Morgan fingerprint density at radius 2 is 2.20 bits per heavy atom. The third-order valence-electron chi connectivity index (χ3n) is 4.05. The van der Waals surface area contributed by atoms with Crippen molar-refractivity contribution in [2.24, 2.45) is 5.92 Å². The lowest BCUT2D eigenvalue weighted by molar-refractivity contribution is 0.202. The summed E-state index contributed by atoms with van der Waals surface area (Å²) in [6.45, 7) is 4.59. The summed E-state index contributed by atoms with van der Waals surface area (Å²) < 4.78 is 29.0. The molecule has 2 unspecified atom stereocenters. The van der Waals surface area contributed by atoms with E-state index in [1.54, 1.807) is 20.3 Å². The molecule has 0 saturated carbocycles. The Morgan fingerprint density at radius 1 is 1.45 bits per heavy atom. The van der Waals surface area contributed by atoms with Crippen molar-refractivity contribution >= 4 is 37.9 Å². The highest BCUT2D eigenvalue weighted by atomic mass is 35.5. The minimum Gasteiger partial charge on any atom is -0.279 e. The van der Waals surface area contributed by atoms with Crippen LogP contribution in [0.15, 0.2) is 16.6 Å². The largest absolute Gasteiger partial charge is 0.279 e. The van der Waals surface area contributed by atoms with Crippen LogP contribution in [0.2, 0.25) is 5.15 Å². The van der Waals surface area contributed by atoms with E-state index in [9.17, 15) is 8.42 Å². The fourth-order valence-electron chi connectivity index (χ4n) is 2.72. The molecule has 0 amide bonds. The molecular formula is C12H16ClN3O2S2. The highest BCUT2D eigenvalue weighted by Crippen LogP contribution is 2.33. The quantitative estimate of drug-likeness (QED) is 0.849. The lowest BCUT2D eigenvalue weighted by Crippen LogP contribution is -2.46. The van der Waals surface area contributed by atoms with Gasteiger partial charge in [0, 0.05) is 24.2 Å².